The summed E-state index contributed by atoms with van der Waals surface area (Å²) in [6.45, 7) is 1.84. The van der Waals surface area contributed by atoms with Crippen molar-refractivity contribution >= 4 is 48.9 Å². The van der Waals surface area contributed by atoms with Gasteiger partial charge in [-0.2, -0.15) is 0 Å². The number of rotatable bonds is 3. The molecular weight excluding hydrogens is 364 g/mol. The van der Waals surface area contributed by atoms with Crippen molar-refractivity contribution < 1.29 is 8.42 Å². The molecule has 0 fully saturated rings. The number of sulfonamides is 1. The van der Waals surface area contributed by atoms with Crippen LogP contribution in [-0.2, 0) is 10.0 Å². The van der Waals surface area contributed by atoms with E-state index in [1.165, 1.54) is 24.3 Å². The van der Waals surface area contributed by atoms with Crippen LogP contribution in [0.5, 0.6) is 0 Å². The predicted octanol–water partition coefficient (Wildman–Crippen LogP) is 3.79. The first-order chi connectivity index (χ1) is 9.29. The number of hydrogen-bond donors (Lipinski definition) is 2. The fraction of sp³-hybridized carbons (Fsp3) is 0.0769. The van der Waals surface area contributed by atoms with Crippen LogP contribution in [0, 0.1) is 6.92 Å². The van der Waals surface area contributed by atoms with Gasteiger partial charge in [-0.25, -0.2) is 8.42 Å². The Balaban J connectivity index is 2.38. The highest BCUT2D eigenvalue weighted by molar-refractivity contribution is 9.10. The summed E-state index contributed by atoms with van der Waals surface area (Å²) < 4.78 is 27.6. The second kappa shape index (κ2) is 5.63. The zero-order chi connectivity index (χ0) is 14.9. The number of nitrogens with two attached hydrogens (primary N) is 1. The highest BCUT2D eigenvalue weighted by Crippen LogP contribution is 2.29. The third kappa shape index (κ3) is 3.26. The second-order valence-electron chi connectivity index (χ2n) is 4.25. The summed E-state index contributed by atoms with van der Waals surface area (Å²) >= 11 is 9.06. The van der Waals surface area contributed by atoms with Gasteiger partial charge in [0.2, 0.25) is 0 Å². The van der Waals surface area contributed by atoms with Crippen molar-refractivity contribution in [1.82, 2.24) is 0 Å². The fourth-order valence-electron chi connectivity index (χ4n) is 1.59. The third-order valence-electron chi connectivity index (χ3n) is 2.72. The SMILES string of the molecule is Cc1cc(Br)c(NS(=O)(=O)c2ccc(Cl)cc2)cc1N. The number of anilines is 2. The standard InChI is InChI=1S/C13H12BrClN2O2S/c1-8-6-11(14)13(7-12(8)16)17-20(18,19)10-4-2-9(15)3-5-10/h2-7,17H,16H2,1H3. The van der Waals surface area contributed by atoms with Gasteiger partial charge in [0.05, 0.1) is 10.6 Å². The van der Waals surface area contributed by atoms with Gasteiger partial charge < -0.3 is 5.73 Å². The van der Waals surface area contributed by atoms with Crippen LogP contribution in [0.25, 0.3) is 0 Å². The van der Waals surface area contributed by atoms with Crippen molar-refractivity contribution in [3.8, 4) is 0 Å². The maximum atomic E-state index is 12.2. The molecule has 2 aromatic rings. The number of nitrogen functional groups attached to an aromatic ring is 1. The molecule has 0 aliphatic rings. The molecule has 2 rings (SSSR count). The lowest BCUT2D eigenvalue weighted by molar-refractivity contribution is 0.601. The highest BCUT2D eigenvalue weighted by Gasteiger charge is 2.16. The third-order valence-corrected chi connectivity index (χ3v) is 5.01. The van der Waals surface area contributed by atoms with Crippen molar-refractivity contribution in [3.63, 3.8) is 0 Å². The summed E-state index contributed by atoms with van der Waals surface area (Å²) in [5.74, 6) is 0. The fourth-order valence-corrected chi connectivity index (χ4v) is 3.47. The summed E-state index contributed by atoms with van der Waals surface area (Å²) in [6.07, 6.45) is 0. The summed E-state index contributed by atoms with van der Waals surface area (Å²) in [6, 6.07) is 9.26. The minimum atomic E-state index is -3.68. The van der Waals surface area contributed by atoms with Crippen molar-refractivity contribution in [2.75, 3.05) is 10.5 Å². The van der Waals surface area contributed by atoms with Crippen molar-refractivity contribution in [3.05, 3.63) is 51.5 Å². The number of benzene rings is 2. The van der Waals surface area contributed by atoms with Crippen LogP contribution in [0.4, 0.5) is 11.4 Å². The molecule has 0 saturated carbocycles. The Bertz CT molecular complexity index is 746. The first-order valence-corrected chi connectivity index (χ1v) is 8.29. The maximum Gasteiger partial charge on any atom is 0.261 e. The Morgan fingerprint density at radius 2 is 1.80 bits per heavy atom. The van der Waals surface area contributed by atoms with Crippen molar-refractivity contribution in [2.24, 2.45) is 0 Å². The summed E-state index contributed by atoms with van der Waals surface area (Å²) in [5.41, 5.74) is 7.57. The molecule has 2 aromatic carbocycles. The lowest BCUT2D eigenvalue weighted by atomic mass is 10.2. The van der Waals surface area contributed by atoms with Gasteiger partial charge in [0, 0.05) is 15.2 Å². The van der Waals surface area contributed by atoms with E-state index in [9.17, 15) is 8.42 Å². The number of nitrogens with one attached hydrogen (secondary N) is 1. The summed E-state index contributed by atoms with van der Waals surface area (Å²) in [5, 5.41) is 0.477. The lowest BCUT2D eigenvalue weighted by Gasteiger charge is -2.12. The van der Waals surface area contributed by atoms with Crippen LogP contribution in [0.2, 0.25) is 5.02 Å². The van der Waals surface area contributed by atoms with E-state index in [2.05, 4.69) is 20.7 Å². The molecule has 0 aromatic heterocycles. The molecule has 0 atom stereocenters. The number of halogens is 2. The number of aryl methyl sites for hydroxylation is 1. The molecule has 0 bridgehead atoms. The molecule has 0 aliphatic carbocycles. The van der Waals surface area contributed by atoms with E-state index < -0.39 is 10.0 Å². The topological polar surface area (TPSA) is 72.2 Å². The van der Waals surface area contributed by atoms with Crippen LogP contribution in [0.1, 0.15) is 5.56 Å². The van der Waals surface area contributed by atoms with E-state index in [0.29, 0.717) is 20.9 Å². The normalized spacial score (nSPS) is 11.3. The monoisotopic (exact) mass is 374 g/mol. The average molecular weight is 376 g/mol. The zero-order valence-corrected chi connectivity index (χ0v) is 13.7. The van der Waals surface area contributed by atoms with Gasteiger partial charge in [-0.1, -0.05) is 11.6 Å². The van der Waals surface area contributed by atoms with Crippen molar-refractivity contribution in [2.45, 2.75) is 11.8 Å². The van der Waals surface area contributed by atoms with E-state index in [1.54, 1.807) is 12.1 Å². The molecule has 7 heteroatoms. The smallest absolute Gasteiger partial charge is 0.261 e. The molecule has 0 amide bonds. The molecule has 3 N–H and O–H groups in total. The van der Waals surface area contributed by atoms with Crippen LogP contribution < -0.4 is 10.5 Å². The van der Waals surface area contributed by atoms with Gasteiger partial charge in [-0.15, -0.1) is 0 Å². The van der Waals surface area contributed by atoms with Gasteiger partial charge in [-0.3, -0.25) is 4.72 Å². The summed E-state index contributed by atoms with van der Waals surface area (Å²) in [7, 11) is -3.68. The highest BCUT2D eigenvalue weighted by atomic mass is 79.9. The molecule has 106 valence electrons. The lowest BCUT2D eigenvalue weighted by Crippen LogP contribution is -2.13. The van der Waals surface area contributed by atoms with Crippen LogP contribution in [0.3, 0.4) is 0 Å². The van der Waals surface area contributed by atoms with E-state index in [4.69, 9.17) is 17.3 Å². The largest absolute Gasteiger partial charge is 0.398 e. The van der Waals surface area contributed by atoms with Crippen LogP contribution in [-0.4, -0.2) is 8.42 Å². The minimum Gasteiger partial charge on any atom is -0.398 e. The van der Waals surface area contributed by atoms with E-state index in [-0.39, 0.29) is 4.90 Å². The molecule has 0 aliphatic heterocycles. The first kappa shape index (κ1) is 15.2. The molecular formula is C13H12BrClN2O2S. The molecule has 20 heavy (non-hydrogen) atoms. The minimum absolute atomic E-state index is 0.132. The predicted molar refractivity (Wildman–Crippen MR) is 85.6 cm³/mol. The first-order valence-electron chi connectivity index (χ1n) is 5.63. The Kier molecular flexibility index (Phi) is 4.27. The van der Waals surface area contributed by atoms with Gasteiger partial charge in [0.15, 0.2) is 0 Å². The molecule has 0 saturated heterocycles. The van der Waals surface area contributed by atoms with E-state index in [0.717, 1.165) is 5.56 Å². The summed E-state index contributed by atoms with van der Waals surface area (Å²) in [4.78, 5) is 0.132. The quantitative estimate of drug-likeness (QED) is 0.802. The van der Waals surface area contributed by atoms with Gasteiger partial charge >= 0.3 is 0 Å². The molecule has 4 nitrogen and oxygen atoms in total. The van der Waals surface area contributed by atoms with Gasteiger partial charge in [0.25, 0.3) is 10.0 Å². The van der Waals surface area contributed by atoms with Crippen LogP contribution >= 0.6 is 27.5 Å². The zero-order valence-electron chi connectivity index (χ0n) is 10.5. The Morgan fingerprint density at radius 3 is 2.40 bits per heavy atom. The van der Waals surface area contributed by atoms with Crippen molar-refractivity contribution in [1.29, 1.82) is 0 Å². The molecule has 0 radical (unpaired) electrons. The Labute approximate surface area is 131 Å². The van der Waals surface area contributed by atoms with E-state index >= 15 is 0 Å². The molecule has 0 heterocycles. The number of hydrogen-bond acceptors (Lipinski definition) is 3. The Morgan fingerprint density at radius 1 is 1.20 bits per heavy atom. The Hall–Kier alpha value is -1.24. The maximum absolute atomic E-state index is 12.2. The van der Waals surface area contributed by atoms with Gasteiger partial charge in [0.1, 0.15) is 0 Å². The van der Waals surface area contributed by atoms with Crippen LogP contribution in [0.15, 0.2) is 45.8 Å². The van der Waals surface area contributed by atoms with E-state index in [1.807, 2.05) is 6.92 Å². The molecule has 0 unspecified atom stereocenters. The van der Waals surface area contributed by atoms with Gasteiger partial charge in [-0.05, 0) is 64.8 Å². The second-order valence-corrected chi connectivity index (χ2v) is 7.22. The molecule has 0 spiro atoms. The average Bonchev–Trinajstić information content (AvgIpc) is 2.36.